The van der Waals surface area contributed by atoms with Crippen LogP contribution in [0.25, 0.3) is 0 Å². The van der Waals surface area contributed by atoms with E-state index in [-0.39, 0.29) is 18.5 Å². The molecule has 1 aliphatic rings. The number of esters is 1. The monoisotopic (exact) mass is 216 g/mol. The lowest BCUT2D eigenvalue weighted by molar-refractivity contribution is -0.291. The third-order valence-corrected chi connectivity index (χ3v) is 2.15. The molecular formula is C10H16O5. The lowest BCUT2D eigenvalue weighted by atomic mass is 10.1. The van der Waals surface area contributed by atoms with E-state index in [0.29, 0.717) is 6.42 Å². The van der Waals surface area contributed by atoms with Crippen LogP contribution in [0.5, 0.6) is 0 Å². The molecule has 0 unspecified atom stereocenters. The molecule has 1 aliphatic heterocycles. The molecule has 0 aromatic carbocycles. The van der Waals surface area contributed by atoms with E-state index in [4.69, 9.17) is 9.47 Å². The third kappa shape index (κ3) is 3.60. The van der Waals surface area contributed by atoms with Gasteiger partial charge in [-0.25, -0.2) is 0 Å². The van der Waals surface area contributed by atoms with E-state index in [1.54, 1.807) is 13.8 Å². The number of ether oxygens (including phenoxy) is 3. The van der Waals surface area contributed by atoms with E-state index in [1.165, 1.54) is 7.11 Å². The molecule has 0 saturated carbocycles. The molecule has 0 N–H and O–H groups in total. The van der Waals surface area contributed by atoms with Crippen molar-refractivity contribution >= 4 is 12.3 Å². The first-order valence-electron chi connectivity index (χ1n) is 4.84. The highest BCUT2D eigenvalue weighted by atomic mass is 16.7. The highest BCUT2D eigenvalue weighted by Crippen LogP contribution is 2.27. The van der Waals surface area contributed by atoms with E-state index < -0.39 is 11.9 Å². The molecule has 15 heavy (non-hydrogen) atoms. The summed E-state index contributed by atoms with van der Waals surface area (Å²) in [6.07, 6.45) is 0.435. The Morgan fingerprint density at radius 1 is 1.53 bits per heavy atom. The van der Waals surface area contributed by atoms with Crippen molar-refractivity contribution in [2.75, 3.05) is 7.11 Å². The Bertz CT molecular complexity index is 248. The van der Waals surface area contributed by atoms with E-state index in [1.807, 2.05) is 0 Å². The van der Waals surface area contributed by atoms with Crippen molar-refractivity contribution in [3.8, 4) is 0 Å². The van der Waals surface area contributed by atoms with Gasteiger partial charge in [0.05, 0.1) is 19.6 Å². The SMILES string of the molecule is COC(=O)C[C@@H]1C[C@H](C=O)OC(C)(C)O1. The number of rotatable bonds is 3. The molecule has 1 rings (SSSR count). The molecule has 1 fully saturated rings. The van der Waals surface area contributed by atoms with Crippen molar-refractivity contribution in [1.82, 2.24) is 0 Å². The topological polar surface area (TPSA) is 61.8 Å². The normalized spacial score (nSPS) is 29.5. The fourth-order valence-corrected chi connectivity index (χ4v) is 1.63. The molecule has 0 amide bonds. The van der Waals surface area contributed by atoms with Gasteiger partial charge < -0.3 is 19.0 Å². The smallest absolute Gasteiger partial charge is 0.308 e. The van der Waals surface area contributed by atoms with Gasteiger partial charge in [-0.05, 0) is 13.8 Å². The Morgan fingerprint density at radius 3 is 2.73 bits per heavy atom. The molecule has 2 atom stereocenters. The van der Waals surface area contributed by atoms with Gasteiger partial charge >= 0.3 is 5.97 Å². The molecule has 1 saturated heterocycles. The largest absolute Gasteiger partial charge is 0.469 e. The molecule has 0 aromatic heterocycles. The molecular weight excluding hydrogens is 200 g/mol. The van der Waals surface area contributed by atoms with Crippen molar-refractivity contribution in [2.45, 2.75) is 44.7 Å². The average Bonchev–Trinajstić information content (AvgIpc) is 2.15. The zero-order valence-corrected chi connectivity index (χ0v) is 9.19. The fourth-order valence-electron chi connectivity index (χ4n) is 1.63. The van der Waals surface area contributed by atoms with Gasteiger partial charge in [-0.15, -0.1) is 0 Å². The zero-order valence-electron chi connectivity index (χ0n) is 9.19. The number of aldehydes is 1. The van der Waals surface area contributed by atoms with Gasteiger partial charge in [0, 0.05) is 6.42 Å². The van der Waals surface area contributed by atoms with E-state index >= 15 is 0 Å². The summed E-state index contributed by atoms with van der Waals surface area (Å²) in [4.78, 5) is 21.7. The Morgan fingerprint density at radius 2 is 2.20 bits per heavy atom. The summed E-state index contributed by atoms with van der Waals surface area (Å²) in [5, 5.41) is 0. The van der Waals surface area contributed by atoms with E-state index in [0.717, 1.165) is 6.29 Å². The molecule has 5 nitrogen and oxygen atoms in total. The molecule has 5 heteroatoms. The highest BCUT2D eigenvalue weighted by Gasteiger charge is 2.36. The first-order valence-corrected chi connectivity index (χ1v) is 4.84. The summed E-state index contributed by atoms with van der Waals surface area (Å²) in [5.41, 5.74) is 0. The van der Waals surface area contributed by atoms with Gasteiger partial charge in [-0.1, -0.05) is 0 Å². The molecule has 0 aromatic rings. The number of carbonyl (C=O) groups is 2. The summed E-state index contributed by atoms with van der Waals surface area (Å²) in [6, 6.07) is 0. The predicted octanol–water partition coefficient (Wildman–Crippen LogP) is 0.659. The van der Waals surface area contributed by atoms with Gasteiger partial charge in [0.25, 0.3) is 0 Å². The molecule has 0 bridgehead atoms. The maximum atomic E-state index is 11.1. The first-order chi connectivity index (χ1) is 6.96. The fraction of sp³-hybridized carbons (Fsp3) is 0.800. The molecule has 0 spiro atoms. The molecule has 0 aliphatic carbocycles. The minimum Gasteiger partial charge on any atom is -0.469 e. The Labute approximate surface area is 88.7 Å². The second kappa shape index (κ2) is 4.72. The maximum absolute atomic E-state index is 11.1. The van der Waals surface area contributed by atoms with Crippen molar-refractivity contribution in [3.05, 3.63) is 0 Å². The predicted molar refractivity (Wildman–Crippen MR) is 51.1 cm³/mol. The number of hydrogen-bond donors (Lipinski definition) is 0. The van der Waals surface area contributed by atoms with Crippen LogP contribution < -0.4 is 0 Å². The second-order valence-corrected chi connectivity index (χ2v) is 3.95. The number of methoxy groups -OCH3 is 1. The highest BCUT2D eigenvalue weighted by molar-refractivity contribution is 5.70. The van der Waals surface area contributed by atoms with Crippen molar-refractivity contribution in [2.24, 2.45) is 0 Å². The van der Waals surface area contributed by atoms with Gasteiger partial charge in [-0.3, -0.25) is 4.79 Å². The van der Waals surface area contributed by atoms with Gasteiger partial charge in [0.15, 0.2) is 5.79 Å². The molecule has 1 heterocycles. The molecule has 0 radical (unpaired) electrons. The quantitative estimate of drug-likeness (QED) is 0.512. The van der Waals surface area contributed by atoms with Gasteiger partial charge in [0.2, 0.25) is 0 Å². The van der Waals surface area contributed by atoms with Crippen molar-refractivity contribution in [1.29, 1.82) is 0 Å². The van der Waals surface area contributed by atoms with Crippen LogP contribution in [0.15, 0.2) is 0 Å². The van der Waals surface area contributed by atoms with Crippen LogP contribution >= 0.6 is 0 Å². The van der Waals surface area contributed by atoms with Gasteiger partial charge in [-0.2, -0.15) is 0 Å². The van der Waals surface area contributed by atoms with Gasteiger partial charge in [0.1, 0.15) is 12.4 Å². The van der Waals surface area contributed by atoms with Crippen molar-refractivity contribution in [3.63, 3.8) is 0 Å². The van der Waals surface area contributed by atoms with Crippen LogP contribution in [0.2, 0.25) is 0 Å². The van der Waals surface area contributed by atoms with Crippen molar-refractivity contribution < 1.29 is 23.8 Å². The lowest BCUT2D eigenvalue weighted by Gasteiger charge is -2.38. The minimum atomic E-state index is -0.831. The molecule has 86 valence electrons. The standard InChI is InChI=1S/C10H16O5/c1-10(2)14-7(5-9(12)13-3)4-8(6-11)15-10/h6-8H,4-5H2,1-3H3/t7-,8+/m0/s1. The maximum Gasteiger partial charge on any atom is 0.308 e. The third-order valence-electron chi connectivity index (χ3n) is 2.15. The van der Waals surface area contributed by atoms with Crippen LogP contribution in [0.3, 0.4) is 0 Å². The summed E-state index contributed by atoms with van der Waals surface area (Å²) >= 11 is 0. The summed E-state index contributed by atoms with van der Waals surface area (Å²) in [7, 11) is 1.32. The minimum absolute atomic E-state index is 0.146. The first kappa shape index (κ1) is 12.1. The summed E-state index contributed by atoms with van der Waals surface area (Å²) < 4.78 is 15.4. The van der Waals surface area contributed by atoms with Crippen LogP contribution in [0.1, 0.15) is 26.7 Å². The average molecular weight is 216 g/mol. The Balaban J connectivity index is 2.58. The van der Waals surface area contributed by atoms with E-state index in [9.17, 15) is 9.59 Å². The van der Waals surface area contributed by atoms with Crippen LogP contribution in [0.4, 0.5) is 0 Å². The second-order valence-electron chi connectivity index (χ2n) is 3.95. The van der Waals surface area contributed by atoms with Crippen LogP contribution in [0, 0.1) is 0 Å². The van der Waals surface area contributed by atoms with Crippen LogP contribution in [-0.2, 0) is 23.8 Å². The summed E-state index contributed by atoms with van der Waals surface area (Å²) in [6.45, 7) is 3.43. The zero-order chi connectivity index (χ0) is 11.5. The van der Waals surface area contributed by atoms with Crippen LogP contribution in [-0.4, -0.2) is 37.4 Å². The Hall–Kier alpha value is -0.940. The number of carbonyl (C=O) groups excluding carboxylic acids is 2. The Kier molecular flexibility index (Phi) is 3.82. The summed E-state index contributed by atoms with van der Waals surface area (Å²) in [5.74, 6) is -1.18. The lowest BCUT2D eigenvalue weighted by Crippen LogP contribution is -2.45. The number of hydrogen-bond acceptors (Lipinski definition) is 5. The van der Waals surface area contributed by atoms with E-state index in [2.05, 4.69) is 4.74 Å².